The zero-order valence-electron chi connectivity index (χ0n) is 17.9. The molecule has 0 aromatic heterocycles. The summed E-state index contributed by atoms with van der Waals surface area (Å²) in [6.45, 7) is 7.74. The number of rotatable bonds is 6. The standard InChI is InChI=1S/C25H31NO3S/c1-3-28-25(27)19-8-6-12-26(16-19)13-14-29-24-21-9-5-4-7-20(21)17-30-23-11-10-18(2)15-22(23)24/h4-5,7,9-11,15,19,24H,3,6,8,12-14,16-17H2,1-2H3. The SMILES string of the molecule is CCOC(=O)C1CCCN(CCOC2c3ccccc3CSc3ccc(C)cc32)C1. The molecule has 0 saturated carbocycles. The number of likely N-dealkylation sites (tertiary alicyclic amines) is 1. The summed E-state index contributed by atoms with van der Waals surface area (Å²) in [6.07, 6.45) is 1.92. The van der Waals surface area contributed by atoms with Crippen molar-refractivity contribution in [3.63, 3.8) is 0 Å². The number of thioether (sulfide) groups is 1. The number of carbonyl (C=O) groups is 1. The van der Waals surface area contributed by atoms with E-state index in [9.17, 15) is 4.79 Å². The zero-order valence-corrected chi connectivity index (χ0v) is 18.7. The van der Waals surface area contributed by atoms with E-state index in [0.717, 1.165) is 38.2 Å². The Morgan fingerprint density at radius 2 is 2.07 bits per heavy atom. The van der Waals surface area contributed by atoms with Gasteiger partial charge in [0.1, 0.15) is 6.10 Å². The van der Waals surface area contributed by atoms with Gasteiger partial charge in [0.15, 0.2) is 0 Å². The topological polar surface area (TPSA) is 38.8 Å². The fourth-order valence-corrected chi connectivity index (χ4v) is 5.51. The van der Waals surface area contributed by atoms with Gasteiger partial charge >= 0.3 is 5.97 Å². The molecule has 0 amide bonds. The Morgan fingerprint density at radius 3 is 2.93 bits per heavy atom. The van der Waals surface area contributed by atoms with E-state index >= 15 is 0 Å². The molecule has 2 aromatic rings. The Hall–Kier alpha value is -1.82. The van der Waals surface area contributed by atoms with Crippen molar-refractivity contribution in [3.05, 3.63) is 64.7 Å². The second-order valence-electron chi connectivity index (χ2n) is 8.17. The first-order chi connectivity index (χ1) is 14.7. The van der Waals surface area contributed by atoms with E-state index in [-0.39, 0.29) is 18.0 Å². The maximum atomic E-state index is 12.1. The molecule has 1 fully saturated rings. The third-order valence-corrected chi connectivity index (χ3v) is 7.12. The number of nitrogens with zero attached hydrogens (tertiary/aromatic N) is 1. The van der Waals surface area contributed by atoms with Crippen LogP contribution < -0.4 is 0 Å². The van der Waals surface area contributed by atoms with Crippen molar-refractivity contribution < 1.29 is 14.3 Å². The smallest absolute Gasteiger partial charge is 0.310 e. The first kappa shape index (κ1) is 21.4. The van der Waals surface area contributed by atoms with Crippen LogP contribution in [0, 0.1) is 12.8 Å². The van der Waals surface area contributed by atoms with E-state index in [4.69, 9.17) is 9.47 Å². The minimum absolute atomic E-state index is 0.00270. The summed E-state index contributed by atoms with van der Waals surface area (Å²) < 4.78 is 11.8. The summed E-state index contributed by atoms with van der Waals surface area (Å²) in [7, 11) is 0. The summed E-state index contributed by atoms with van der Waals surface area (Å²) in [5.74, 6) is 0.915. The molecule has 160 valence electrons. The van der Waals surface area contributed by atoms with Crippen molar-refractivity contribution in [2.45, 2.75) is 43.4 Å². The van der Waals surface area contributed by atoms with Crippen LogP contribution in [-0.4, -0.2) is 43.7 Å². The molecule has 0 N–H and O–H groups in total. The molecule has 0 aliphatic carbocycles. The number of esters is 1. The lowest BCUT2D eigenvalue weighted by Crippen LogP contribution is -2.41. The molecule has 2 aliphatic heterocycles. The van der Waals surface area contributed by atoms with Gasteiger partial charge in [0.2, 0.25) is 0 Å². The van der Waals surface area contributed by atoms with Crippen LogP contribution in [0.2, 0.25) is 0 Å². The number of ether oxygens (including phenoxy) is 2. The van der Waals surface area contributed by atoms with Crippen LogP contribution in [0.4, 0.5) is 0 Å². The molecule has 5 heteroatoms. The van der Waals surface area contributed by atoms with E-state index in [0.29, 0.717) is 13.2 Å². The maximum absolute atomic E-state index is 12.1. The average molecular weight is 426 g/mol. The number of aryl methyl sites for hydroxylation is 1. The average Bonchev–Trinajstić information content (AvgIpc) is 2.91. The minimum Gasteiger partial charge on any atom is -0.466 e. The fraction of sp³-hybridized carbons (Fsp3) is 0.480. The highest BCUT2D eigenvalue weighted by atomic mass is 32.2. The lowest BCUT2D eigenvalue weighted by atomic mass is 9.96. The predicted octanol–water partition coefficient (Wildman–Crippen LogP) is 4.98. The second kappa shape index (κ2) is 9.99. The third kappa shape index (κ3) is 4.90. The number of piperidine rings is 1. The zero-order chi connectivity index (χ0) is 20.9. The lowest BCUT2D eigenvalue weighted by molar-refractivity contribution is -0.150. The minimum atomic E-state index is -0.0535. The molecule has 30 heavy (non-hydrogen) atoms. The van der Waals surface area contributed by atoms with Gasteiger partial charge in [-0.15, -0.1) is 11.8 Å². The number of hydrogen-bond donors (Lipinski definition) is 0. The van der Waals surface area contributed by atoms with Crippen LogP contribution in [0.15, 0.2) is 47.4 Å². The Bertz CT molecular complexity index is 884. The Kier molecular flexibility index (Phi) is 7.13. The highest BCUT2D eigenvalue weighted by molar-refractivity contribution is 7.98. The normalized spacial score (nSPS) is 21.4. The summed E-state index contributed by atoms with van der Waals surface area (Å²) in [4.78, 5) is 15.8. The molecule has 0 bridgehead atoms. The van der Waals surface area contributed by atoms with Crippen molar-refractivity contribution >= 4 is 17.7 Å². The van der Waals surface area contributed by atoms with Crippen LogP contribution >= 0.6 is 11.8 Å². The van der Waals surface area contributed by atoms with E-state index < -0.39 is 0 Å². The molecule has 2 aliphatic rings. The van der Waals surface area contributed by atoms with Gasteiger partial charge in [0, 0.05) is 23.7 Å². The van der Waals surface area contributed by atoms with E-state index in [1.807, 2.05) is 18.7 Å². The molecular formula is C25H31NO3S. The lowest BCUT2D eigenvalue weighted by Gasteiger charge is -2.32. The van der Waals surface area contributed by atoms with Crippen LogP contribution in [0.25, 0.3) is 0 Å². The highest BCUT2D eigenvalue weighted by Crippen LogP contribution is 2.41. The Balaban J connectivity index is 1.45. The first-order valence-corrected chi connectivity index (χ1v) is 12.0. The summed E-state index contributed by atoms with van der Waals surface area (Å²) in [5, 5.41) is 0. The molecule has 2 aromatic carbocycles. The quantitative estimate of drug-likeness (QED) is 0.610. The molecule has 2 heterocycles. The van der Waals surface area contributed by atoms with Gasteiger partial charge in [-0.2, -0.15) is 0 Å². The van der Waals surface area contributed by atoms with Crippen molar-refractivity contribution in [1.29, 1.82) is 0 Å². The van der Waals surface area contributed by atoms with Gasteiger partial charge in [0.05, 0.1) is 19.1 Å². The molecule has 0 spiro atoms. The van der Waals surface area contributed by atoms with E-state index in [1.165, 1.54) is 27.1 Å². The summed E-state index contributed by atoms with van der Waals surface area (Å²) in [6, 6.07) is 15.3. The van der Waals surface area contributed by atoms with E-state index in [2.05, 4.69) is 54.3 Å². The van der Waals surface area contributed by atoms with Crippen LogP contribution in [0.5, 0.6) is 0 Å². The fourth-order valence-electron chi connectivity index (χ4n) is 4.44. The van der Waals surface area contributed by atoms with E-state index in [1.54, 1.807) is 0 Å². The van der Waals surface area contributed by atoms with Gasteiger partial charge in [-0.05, 0) is 56.0 Å². The van der Waals surface area contributed by atoms with Crippen molar-refractivity contribution in [2.24, 2.45) is 5.92 Å². The van der Waals surface area contributed by atoms with Gasteiger partial charge in [-0.1, -0.05) is 42.0 Å². The van der Waals surface area contributed by atoms with Gasteiger partial charge in [-0.3, -0.25) is 4.79 Å². The Labute approximate surface area is 183 Å². The largest absolute Gasteiger partial charge is 0.466 e. The van der Waals surface area contributed by atoms with Gasteiger partial charge in [-0.25, -0.2) is 0 Å². The summed E-state index contributed by atoms with van der Waals surface area (Å²) >= 11 is 1.89. The molecular weight excluding hydrogens is 394 g/mol. The number of hydrogen-bond acceptors (Lipinski definition) is 5. The van der Waals surface area contributed by atoms with Crippen LogP contribution in [0.3, 0.4) is 0 Å². The van der Waals surface area contributed by atoms with Gasteiger partial charge in [0.25, 0.3) is 0 Å². The Morgan fingerprint density at radius 1 is 1.20 bits per heavy atom. The highest BCUT2D eigenvalue weighted by Gasteiger charge is 2.28. The molecule has 2 unspecified atom stereocenters. The third-order valence-electron chi connectivity index (χ3n) is 5.99. The maximum Gasteiger partial charge on any atom is 0.310 e. The molecule has 4 rings (SSSR count). The van der Waals surface area contributed by atoms with Crippen LogP contribution in [-0.2, 0) is 20.0 Å². The van der Waals surface area contributed by atoms with Crippen molar-refractivity contribution in [1.82, 2.24) is 4.90 Å². The monoisotopic (exact) mass is 425 g/mol. The van der Waals surface area contributed by atoms with Crippen LogP contribution in [0.1, 0.15) is 48.1 Å². The van der Waals surface area contributed by atoms with Crippen molar-refractivity contribution in [3.8, 4) is 0 Å². The predicted molar refractivity (Wildman–Crippen MR) is 121 cm³/mol. The van der Waals surface area contributed by atoms with Crippen molar-refractivity contribution in [2.75, 3.05) is 32.8 Å². The molecule has 0 radical (unpaired) electrons. The van der Waals surface area contributed by atoms with Gasteiger partial charge < -0.3 is 14.4 Å². The second-order valence-corrected chi connectivity index (χ2v) is 9.19. The number of carbonyl (C=O) groups excluding carboxylic acids is 1. The molecule has 1 saturated heterocycles. The number of fused-ring (bicyclic) bond motifs is 2. The number of benzene rings is 2. The molecule has 4 nitrogen and oxygen atoms in total. The summed E-state index contributed by atoms with van der Waals surface area (Å²) in [5.41, 5.74) is 5.16. The first-order valence-electron chi connectivity index (χ1n) is 11.0. The molecule has 2 atom stereocenters.